The van der Waals surface area contributed by atoms with Crippen LogP contribution in [0.25, 0.3) is 0 Å². The number of rotatable bonds is 4. The molecule has 1 aliphatic rings. The Balaban J connectivity index is 1.98. The van der Waals surface area contributed by atoms with Crippen LogP contribution in [0, 0.1) is 0 Å². The van der Waals surface area contributed by atoms with Crippen molar-refractivity contribution >= 4 is 11.8 Å². The van der Waals surface area contributed by atoms with Gasteiger partial charge in [0.2, 0.25) is 0 Å². The van der Waals surface area contributed by atoms with Gasteiger partial charge in [-0.2, -0.15) is 11.8 Å². The van der Waals surface area contributed by atoms with Crippen LogP contribution in [-0.2, 0) is 6.42 Å². The summed E-state index contributed by atoms with van der Waals surface area (Å²) in [6.07, 6.45) is 4.64. The summed E-state index contributed by atoms with van der Waals surface area (Å²) < 4.78 is 5.13. The molecular weight excluding hydrogens is 220 g/mol. The van der Waals surface area contributed by atoms with Crippen molar-refractivity contribution in [2.45, 2.75) is 18.5 Å². The highest BCUT2D eigenvalue weighted by molar-refractivity contribution is 7.99. The van der Waals surface area contributed by atoms with E-state index >= 15 is 0 Å². The topological polar surface area (TPSA) is 28.4 Å². The Kier molecular flexibility index (Phi) is 4.32. The van der Waals surface area contributed by atoms with Gasteiger partial charge in [0, 0.05) is 30.1 Å². The Morgan fingerprint density at radius 2 is 2.56 bits per heavy atom. The third-order valence-corrected chi connectivity index (χ3v) is 4.36. The summed E-state index contributed by atoms with van der Waals surface area (Å²) in [5.74, 6) is 2.48. The number of hydrogen-bond acceptors (Lipinski definition) is 4. The fourth-order valence-electron chi connectivity index (χ4n) is 2.22. The SMILES string of the molecule is CNC(Cc1ccoc1)C1CSCCN1C. The van der Waals surface area contributed by atoms with Gasteiger partial charge in [-0.1, -0.05) is 0 Å². The lowest BCUT2D eigenvalue weighted by Gasteiger charge is -2.37. The Hall–Kier alpha value is -0.450. The predicted molar refractivity (Wildman–Crippen MR) is 69.0 cm³/mol. The second-order valence-corrected chi connectivity index (χ2v) is 5.50. The van der Waals surface area contributed by atoms with Gasteiger partial charge in [0.15, 0.2) is 0 Å². The Labute approximate surface area is 102 Å². The van der Waals surface area contributed by atoms with Crippen LogP contribution in [0.3, 0.4) is 0 Å². The van der Waals surface area contributed by atoms with Crippen LogP contribution in [0.1, 0.15) is 5.56 Å². The first-order valence-corrected chi connectivity index (χ1v) is 6.93. The standard InChI is InChI=1S/C12H20N2OS/c1-13-11(7-10-3-5-15-8-10)12-9-16-6-4-14(12)2/h3,5,8,11-13H,4,6-7,9H2,1-2H3. The van der Waals surface area contributed by atoms with Crippen molar-refractivity contribution < 1.29 is 4.42 Å². The predicted octanol–water partition coefficient (Wildman–Crippen LogP) is 1.46. The van der Waals surface area contributed by atoms with Crippen LogP contribution in [0.5, 0.6) is 0 Å². The summed E-state index contributed by atoms with van der Waals surface area (Å²) in [6, 6.07) is 3.19. The van der Waals surface area contributed by atoms with Crippen LogP contribution in [0.15, 0.2) is 23.0 Å². The van der Waals surface area contributed by atoms with Crippen LogP contribution in [0.2, 0.25) is 0 Å². The smallest absolute Gasteiger partial charge is 0.0935 e. The lowest BCUT2D eigenvalue weighted by atomic mass is 10.0. The molecule has 1 saturated heterocycles. The fourth-order valence-corrected chi connectivity index (χ4v) is 3.53. The molecule has 3 nitrogen and oxygen atoms in total. The molecule has 0 saturated carbocycles. The van der Waals surface area contributed by atoms with Gasteiger partial charge in [-0.3, -0.25) is 0 Å². The largest absolute Gasteiger partial charge is 0.472 e. The number of nitrogens with zero attached hydrogens (tertiary/aromatic N) is 1. The van der Waals surface area contributed by atoms with Gasteiger partial charge >= 0.3 is 0 Å². The monoisotopic (exact) mass is 240 g/mol. The summed E-state index contributed by atoms with van der Waals surface area (Å²) in [4.78, 5) is 2.47. The van der Waals surface area contributed by atoms with E-state index in [0.29, 0.717) is 12.1 Å². The Bertz CT molecular complexity index is 302. The van der Waals surface area contributed by atoms with Crippen molar-refractivity contribution in [3.63, 3.8) is 0 Å². The molecule has 1 N–H and O–H groups in total. The van der Waals surface area contributed by atoms with Crippen LogP contribution >= 0.6 is 11.8 Å². The summed E-state index contributed by atoms with van der Waals surface area (Å²) in [5, 5.41) is 3.44. The average Bonchev–Trinajstić information content (AvgIpc) is 2.80. The first-order chi connectivity index (χ1) is 7.81. The van der Waals surface area contributed by atoms with E-state index in [1.807, 2.05) is 6.26 Å². The van der Waals surface area contributed by atoms with E-state index in [9.17, 15) is 0 Å². The molecule has 0 aromatic carbocycles. The first-order valence-electron chi connectivity index (χ1n) is 5.77. The second kappa shape index (κ2) is 5.75. The zero-order chi connectivity index (χ0) is 11.4. The van der Waals surface area contributed by atoms with Gasteiger partial charge in [-0.05, 0) is 32.1 Å². The molecule has 2 heterocycles. The number of thioether (sulfide) groups is 1. The molecule has 0 aliphatic carbocycles. The van der Waals surface area contributed by atoms with Crippen LogP contribution in [-0.4, -0.2) is 49.1 Å². The van der Waals surface area contributed by atoms with E-state index in [2.05, 4.69) is 42.1 Å². The zero-order valence-electron chi connectivity index (χ0n) is 9.98. The van der Waals surface area contributed by atoms with Crippen molar-refractivity contribution in [1.29, 1.82) is 0 Å². The number of nitrogens with one attached hydrogen (secondary N) is 1. The average molecular weight is 240 g/mol. The van der Waals surface area contributed by atoms with Gasteiger partial charge in [0.25, 0.3) is 0 Å². The molecule has 2 rings (SSSR count). The van der Waals surface area contributed by atoms with Crippen molar-refractivity contribution in [2.75, 3.05) is 32.1 Å². The van der Waals surface area contributed by atoms with Crippen molar-refractivity contribution in [1.82, 2.24) is 10.2 Å². The normalized spacial score (nSPS) is 24.5. The minimum absolute atomic E-state index is 0.510. The number of hydrogen-bond donors (Lipinski definition) is 1. The van der Waals surface area contributed by atoms with Gasteiger partial charge in [0.05, 0.1) is 12.5 Å². The lowest BCUT2D eigenvalue weighted by Crippen LogP contribution is -2.52. The Morgan fingerprint density at radius 1 is 1.69 bits per heavy atom. The van der Waals surface area contributed by atoms with Gasteiger partial charge in [-0.15, -0.1) is 0 Å². The van der Waals surface area contributed by atoms with Crippen LogP contribution in [0.4, 0.5) is 0 Å². The van der Waals surface area contributed by atoms with E-state index in [4.69, 9.17) is 4.42 Å². The third kappa shape index (κ3) is 2.81. The number of furan rings is 1. The minimum Gasteiger partial charge on any atom is -0.472 e. The van der Waals surface area contributed by atoms with E-state index in [0.717, 1.165) is 6.42 Å². The summed E-state index contributed by atoms with van der Waals surface area (Å²) in [5.41, 5.74) is 1.28. The van der Waals surface area contributed by atoms with Gasteiger partial charge in [-0.25, -0.2) is 0 Å². The molecule has 1 aromatic rings. The van der Waals surface area contributed by atoms with Crippen molar-refractivity contribution in [2.24, 2.45) is 0 Å². The molecule has 0 spiro atoms. The van der Waals surface area contributed by atoms with Crippen LogP contribution < -0.4 is 5.32 Å². The maximum Gasteiger partial charge on any atom is 0.0935 e. The van der Waals surface area contributed by atoms with Gasteiger partial charge in [0.1, 0.15) is 0 Å². The second-order valence-electron chi connectivity index (χ2n) is 4.35. The maximum atomic E-state index is 5.13. The summed E-state index contributed by atoms with van der Waals surface area (Å²) in [7, 11) is 4.28. The fraction of sp³-hybridized carbons (Fsp3) is 0.667. The molecule has 1 fully saturated rings. The van der Waals surface area contributed by atoms with Crippen molar-refractivity contribution in [3.8, 4) is 0 Å². The molecule has 4 heteroatoms. The molecule has 0 bridgehead atoms. The van der Waals surface area contributed by atoms with Gasteiger partial charge < -0.3 is 14.6 Å². The molecule has 90 valence electrons. The molecule has 16 heavy (non-hydrogen) atoms. The van der Waals surface area contributed by atoms with E-state index in [-0.39, 0.29) is 0 Å². The lowest BCUT2D eigenvalue weighted by molar-refractivity contribution is 0.219. The molecular formula is C12H20N2OS. The summed E-state index contributed by atoms with van der Waals surface area (Å²) in [6.45, 7) is 1.19. The molecule has 1 aromatic heterocycles. The molecule has 2 unspecified atom stereocenters. The van der Waals surface area contributed by atoms with Crippen molar-refractivity contribution in [3.05, 3.63) is 24.2 Å². The van der Waals surface area contributed by atoms with E-state index < -0.39 is 0 Å². The van der Waals surface area contributed by atoms with E-state index in [1.165, 1.54) is 23.6 Å². The molecule has 1 aliphatic heterocycles. The molecule has 0 amide bonds. The zero-order valence-corrected chi connectivity index (χ0v) is 10.8. The highest BCUT2D eigenvalue weighted by Gasteiger charge is 2.27. The van der Waals surface area contributed by atoms with E-state index in [1.54, 1.807) is 6.26 Å². The highest BCUT2D eigenvalue weighted by atomic mass is 32.2. The maximum absolute atomic E-state index is 5.13. The third-order valence-electron chi connectivity index (χ3n) is 3.31. The number of likely N-dealkylation sites (N-methyl/N-ethyl adjacent to an activating group) is 2. The quantitative estimate of drug-likeness (QED) is 0.862. The molecule has 0 radical (unpaired) electrons. The summed E-state index contributed by atoms with van der Waals surface area (Å²) >= 11 is 2.06. The molecule has 2 atom stereocenters. The minimum atomic E-state index is 0.510. The first kappa shape index (κ1) is 12.0. The highest BCUT2D eigenvalue weighted by Crippen LogP contribution is 2.19. The Morgan fingerprint density at radius 3 is 3.19 bits per heavy atom.